The van der Waals surface area contributed by atoms with Crippen LogP contribution in [0.25, 0.3) is 11.3 Å². The number of alkyl halides is 3. The van der Waals surface area contributed by atoms with Crippen LogP contribution < -0.4 is 15.1 Å². The summed E-state index contributed by atoms with van der Waals surface area (Å²) < 4.78 is 39.5. The van der Waals surface area contributed by atoms with Gasteiger partial charge in [0.1, 0.15) is 5.84 Å². The molecule has 1 aromatic carbocycles. The van der Waals surface area contributed by atoms with Crippen LogP contribution in [0, 0.1) is 0 Å². The SMILES string of the molecule is C=C(CC)C(=NC=CC)NC(=O)N1CCN(C)c2ccc(-c3cccc(C(F)(F)F)c3)nc21. The lowest BCUT2D eigenvalue weighted by Gasteiger charge is -2.35. The van der Waals surface area contributed by atoms with E-state index in [4.69, 9.17) is 0 Å². The molecule has 9 heteroatoms. The number of pyridine rings is 1. The molecular weight excluding hydrogens is 431 g/mol. The van der Waals surface area contributed by atoms with Crippen LogP contribution in [0.3, 0.4) is 0 Å². The quantitative estimate of drug-likeness (QED) is 0.478. The fraction of sp³-hybridized carbons (Fsp3) is 0.292. The van der Waals surface area contributed by atoms with Crippen molar-refractivity contribution in [1.82, 2.24) is 10.3 Å². The van der Waals surface area contributed by atoms with Crippen molar-refractivity contribution in [2.24, 2.45) is 4.99 Å². The molecule has 0 aliphatic carbocycles. The zero-order chi connectivity index (χ0) is 24.2. The molecule has 0 radical (unpaired) electrons. The van der Waals surface area contributed by atoms with Crippen molar-refractivity contribution in [3.05, 3.63) is 66.4 Å². The zero-order valence-electron chi connectivity index (χ0n) is 18.8. The summed E-state index contributed by atoms with van der Waals surface area (Å²) >= 11 is 0. The van der Waals surface area contributed by atoms with E-state index < -0.39 is 17.8 Å². The average molecular weight is 458 g/mol. The topological polar surface area (TPSA) is 60.8 Å². The van der Waals surface area contributed by atoms with Gasteiger partial charge in [-0.2, -0.15) is 13.2 Å². The van der Waals surface area contributed by atoms with Gasteiger partial charge in [-0.05, 0) is 43.2 Å². The number of hydrogen-bond donors (Lipinski definition) is 1. The van der Waals surface area contributed by atoms with E-state index in [2.05, 4.69) is 21.9 Å². The number of anilines is 2. The third-order valence-electron chi connectivity index (χ3n) is 5.25. The molecule has 1 aromatic heterocycles. The van der Waals surface area contributed by atoms with Gasteiger partial charge in [-0.3, -0.25) is 10.2 Å². The maximum absolute atomic E-state index is 13.2. The first-order chi connectivity index (χ1) is 15.7. The Hall–Kier alpha value is -3.62. The van der Waals surface area contributed by atoms with Gasteiger partial charge in [0.25, 0.3) is 0 Å². The van der Waals surface area contributed by atoms with Gasteiger partial charge in [-0.1, -0.05) is 31.7 Å². The molecule has 1 N–H and O–H groups in total. The molecule has 0 bridgehead atoms. The van der Waals surface area contributed by atoms with Gasteiger partial charge in [0, 0.05) is 31.9 Å². The Morgan fingerprint density at radius 3 is 2.70 bits per heavy atom. The Morgan fingerprint density at radius 1 is 1.27 bits per heavy atom. The Kier molecular flexibility index (Phi) is 7.20. The van der Waals surface area contributed by atoms with E-state index in [9.17, 15) is 18.0 Å². The molecule has 0 saturated heterocycles. The van der Waals surface area contributed by atoms with E-state index in [1.165, 1.54) is 11.0 Å². The molecule has 0 unspecified atom stereocenters. The highest BCUT2D eigenvalue weighted by Gasteiger charge is 2.31. The van der Waals surface area contributed by atoms with Crippen LogP contribution in [-0.4, -0.2) is 37.0 Å². The average Bonchev–Trinajstić information content (AvgIpc) is 2.80. The smallest absolute Gasteiger partial charge is 0.370 e. The van der Waals surface area contributed by atoms with Crippen molar-refractivity contribution >= 4 is 23.4 Å². The summed E-state index contributed by atoms with van der Waals surface area (Å²) in [6, 6.07) is 7.96. The summed E-state index contributed by atoms with van der Waals surface area (Å²) in [6.07, 6.45) is -0.545. The number of carbonyl (C=O) groups is 1. The second-order valence-electron chi connectivity index (χ2n) is 7.54. The highest BCUT2D eigenvalue weighted by Crippen LogP contribution is 2.35. The monoisotopic (exact) mass is 457 g/mol. The molecule has 174 valence electrons. The molecule has 1 aliphatic rings. The molecule has 1 aliphatic heterocycles. The molecule has 3 rings (SSSR count). The minimum absolute atomic E-state index is 0.316. The lowest BCUT2D eigenvalue weighted by Crippen LogP contribution is -2.49. The van der Waals surface area contributed by atoms with E-state index in [0.717, 1.165) is 12.1 Å². The number of nitrogens with one attached hydrogen (secondary N) is 1. The summed E-state index contributed by atoms with van der Waals surface area (Å²) in [5.41, 5.74) is 1.27. The van der Waals surface area contributed by atoms with Crippen molar-refractivity contribution in [2.75, 3.05) is 29.9 Å². The number of allylic oxidation sites excluding steroid dienone is 1. The number of fused-ring (bicyclic) bond motifs is 1. The minimum Gasteiger partial charge on any atom is -0.370 e. The Balaban J connectivity index is 1.98. The van der Waals surface area contributed by atoms with Crippen LogP contribution in [0.4, 0.5) is 29.5 Å². The van der Waals surface area contributed by atoms with E-state index in [1.54, 1.807) is 30.5 Å². The molecule has 0 atom stereocenters. The first-order valence-corrected chi connectivity index (χ1v) is 10.5. The fourth-order valence-electron chi connectivity index (χ4n) is 3.32. The number of nitrogens with zero attached hydrogens (tertiary/aromatic N) is 4. The molecular formula is C24H26F3N5O. The Bertz CT molecular complexity index is 1110. The number of benzene rings is 1. The second-order valence-corrected chi connectivity index (χ2v) is 7.54. The summed E-state index contributed by atoms with van der Waals surface area (Å²) in [7, 11) is 1.87. The number of amidine groups is 1. The Labute approximate surface area is 191 Å². The number of hydrogen-bond acceptors (Lipinski definition) is 4. The lowest BCUT2D eigenvalue weighted by atomic mass is 10.1. The van der Waals surface area contributed by atoms with E-state index in [-0.39, 0.29) is 0 Å². The van der Waals surface area contributed by atoms with Gasteiger partial charge in [0.2, 0.25) is 0 Å². The number of likely N-dealkylation sites (N-methyl/N-ethyl adjacent to an activating group) is 1. The number of urea groups is 1. The van der Waals surface area contributed by atoms with Gasteiger partial charge in [-0.15, -0.1) is 0 Å². The van der Waals surface area contributed by atoms with Crippen LogP contribution in [0.1, 0.15) is 25.8 Å². The molecule has 0 fully saturated rings. The van der Waals surface area contributed by atoms with Gasteiger partial charge in [-0.25, -0.2) is 14.8 Å². The van der Waals surface area contributed by atoms with Crippen molar-refractivity contribution in [3.8, 4) is 11.3 Å². The predicted octanol–water partition coefficient (Wildman–Crippen LogP) is 5.63. The summed E-state index contributed by atoms with van der Waals surface area (Å²) in [6.45, 7) is 8.59. The van der Waals surface area contributed by atoms with Gasteiger partial charge < -0.3 is 4.90 Å². The third kappa shape index (κ3) is 5.42. The zero-order valence-corrected chi connectivity index (χ0v) is 18.8. The fourth-order valence-corrected chi connectivity index (χ4v) is 3.32. The molecule has 0 spiro atoms. The number of aromatic nitrogens is 1. The first-order valence-electron chi connectivity index (χ1n) is 10.5. The Morgan fingerprint density at radius 2 is 2.03 bits per heavy atom. The van der Waals surface area contributed by atoms with Crippen LogP contribution in [0.5, 0.6) is 0 Å². The third-order valence-corrected chi connectivity index (χ3v) is 5.25. The van der Waals surface area contributed by atoms with Gasteiger partial charge >= 0.3 is 12.2 Å². The predicted molar refractivity (Wildman–Crippen MR) is 126 cm³/mol. The molecule has 6 nitrogen and oxygen atoms in total. The van der Waals surface area contributed by atoms with E-state index in [1.807, 2.05) is 25.8 Å². The molecule has 33 heavy (non-hydrogen) atoms. The largest absolute Gasteiger partial charge is 0.416 e. The number of amides is 2. The van der Waals surface area contributed by atoms with Crippen LogP contribution >= 0.6 is 0 Å². The van der Waals surface area contributed by atoms with Crippen molar-refractivity contribution < 1.29 is 18.0 Å². The standard InChI is InChI=1S/C24H26F3N5O/c1-5-12-28-21(16(3)6-2)30-23(33)32-14-13-31(4)20-11-10-19(29-22(20)32)17-8-7-9-18(15-17)24(25,26)27/h5,7-12,15H,3,6,13-14H2,1-2,4H3,(H,28,30,33). The number of halogens is 3. The first kappa shape index (κ1) is 24.0. The molecule has 2 aromatic rings. The van der Waals surface area contributed by atoms with Gasteiger partial charge in [0.05, 0.1) is 16.9 Å². The maximum Gasteiger partial charge on any atom is 0.416 e. The van der Waals surface area contributed by atoms with Crippen molar-refractivity contribution in [2.45, 2.75) is 26.4 Å². The van der Waals surface area contributed by atoms with Gasteiger partial charge in [0.15, 0.2) is 5.82 Å². The van der Waals surface area contributed by atoms with Crippen LogP contribution in [0.2, 0.25) is 0 Å². The normalized spacial score (nSPS) is 14.4. The molecule has 2 heterocycles. The lowest BCUT2D eigenvalue weighted by molar-refractivity contribution is -0.137. The minimum atomic E-state index is -4.46. The summed E-state index contributed by atoms with van der Waals surface area (Å²) in [5.74, 6) is 0.721. The number of rotatable bonds is 4. The van der Waals surface area contributed by atoms with E-state index >= 15 is 0 Å². The highest BCUT2D eigenvalue weighted by atomic mass is 19.4. The summed E-state index contributed by atoms with van der Waals surface area (Å²) in [4.78, 5) is 25.4. The van der Waals surface area contributed by atoms with Crippen molar-refractivity contribution in [1.29, 1.82) is 0 Å². The van der Waals surface area contributed by atoms with Crippen LogP contribution in [0.15, 0.2) is 65.8 Å². The van der Waals surface area contributed by atoms with Crippen molar-refractivity contribution in [3.63, 3.8) is 0 Å². The van der Waals surface area contributed by atoms with Crippen LogP contribution in [-0.2, 0) is 6.18 Å². The second kappa shape index (κ2) is 9.89. The highest BCUT2D eigenvalue weighted by molar-refractivity contribution is 6.11. The number of carbonyl (C=O) groups excluding carboxylic acids is 1. The number of aliphatic imine (C=N–C) groups is 1. The summed E-state index contributed by atoms with van der Waals surface area (Å²) in [5, 5.41) is 2.80. The molecule has 0 saturated carbocycles. The molecule has 2 amide bonds. The maximum atomic E-state index is 13.2. The van der Waals surface area contributed by atoms with E-state index in [0.29, 0.717) is 53.7 Å².